The van der Waals surface area contributed by atoms with Gasteiger partial charge < -0.3 is 16.4 Å². The summed E-state index contributed by atoms with van der Waals surface area (Å²) in [6.07, 6.45) is 0. The highest BCUT2D eigenvalue weighted by atomic mass is 35.5. The largest absolute Gasteiger partial charge is 0.398 e. The fraction of sp³-hybridized carbons (Fsp3) is 0.200. The van der Waals surface area contributed by atoms with Gasteiger partial charge in [0, 0.05) is 18.1 Å². The van der Waals surface area contributed by atoms with E-state index in [4.69, 9.17) is 28.9 Å². The van der Waals surface area contributed by atoms with Crippen LogP contribution in [0.25, 0.3) is 0 Å². The summed E-state index contributed by atoms with van der Waals surface area (Å²) in [6.45, 7) is 0.232. The number of nitrogen functional groups attached to an aromatic ring is 1. The minimum atomic E-state index is -0.782. The summed E-state index contributed by atoms with van der Waals surface area (Å²) < 4.78 is 0. The van der Waals surface area contributed by atoms with Gasteiger partial charge in [0.15, 0.2) is 0 Å². The molecular formula is C10H11Cl2N3O2. The zero-order valence-electron chi connectivity index (χ0n) is 8.80. The van der Waals surface area contributed by atoms with Crippen molar-refractivity contribution in [3.05, 3.63) is 23.2 Å². The highest BCUT2D eigenvalue weighted by Crippen LogP contribution is 2.22. The average molecular weight is 276 g/mol. The smallest absolute Gasteiger partial charge is 0.313 e. The Kier molecular flexibility index (Phi) is 5.06. The van der Waals surface area contributed by atoms with Crippen LogP contribution in [0.15, 0.2) is 18.2 Å². The lowest BCUT2D eigenvalue weighted by atomic mass is 10.3. The Balaban J connectivity index is 2.61. The maximum absolute atomic E-state index is 11.4. The van der Waals surface area contributed by atoms with Gasteiger partial charge in [-0.2, -0.15) is 0 Å². The van der Waals surface area contributed by atoms with Gasteiger partial charge in [-0.25, -0.2) is 0 Å². The highest BCUT2D eigenvalue weighted by Gasteiger charge is 2.13. The van der Waals surface area contributed by atoms with E-state index in [-0.39, 0.29) is 12.4 Å². The quantitative estimate of drug-likeness (QED) is 0.441. The SMILES string of the molecule is Nc1ccc(NC(=O)C(=O)NCCCl)cc1Cl. The Hall–Kier alpha value is -1.46. The van der Waals surface area contributed by atoms with Crippen LogP contribution in [0.1, 0.15) is 0 Å². The van der Waals surface area contributed by atoms with Crippen LogP contribution >= 0.6 is 23.2 Å². The zero-order valence-corrected chi connectivity index (χ0v) is 10.3. The molecule has 0 unspecified atom stereocenters. The van der Waals surface area contributed by atoms with E-state index in [1.54, 1.807) is 6.07 Å². The summed E-state index contributed by atoms with van der Waals surface area (Å²) in [5, 5.41) is 5.03. The van der Waals surface area contributed by atoms with Gasteiger partial charge in [0.1, 0.15) is 0 Å². The molecule has 0 aliphatic rings. The molecule has 2 amide bonds. The predicted molar refractivity (Wildman–Crippen MR) is 68.2 cm³/mol. The van der Waals surface area contributed by atoms with Crippen molar-refractivity contribution in [3.8, 4) is 0 Å². The van der Waals surface area contributed by atoms with E-state index in [2.05, 4.69) is 10.6 Å². The molecule has 0 saturated carbocycles. The lowest BCUT2D eigenvalue weighted by molar-refractivity contribution is -0.136. The van der Waals surface area contributed by atoms with Crippen molar-refractivity contribution in [2.24, 2.45) is 0 Å². The number of nitrogens with one attached hydrogen (secondary N) is 2. The number of halogens is 2. The molecule has 0 aliphatic heterocycles. The molecule has 1 aromatic carbocycles. The van der Waals surface area contributed by atoms with Gasteiger partial charge in [-0.15, -0.1) is 11.6 Å². The molecule has 0 spiro atoms. The number of amides is 2. The number of carbonyl (C=O) groups is 2. The first-order chi connectivity index (χ1) is 8.04. The third-order valence-corrected chi connectivity index (χ3v) is 2.36. The number of hydrogen-bond donors (Lipinski definition) is 3. The number of anilines is 2. The Morgan fingerprint density at radius 3 is 2.59 bits per heavy atom. The number of hydrogen-bond acceptors (Lipinski definition) is 3. The molecule has 0 radical (unpaired) electrons. The minimum absolute atomic E-state index is 0.232. The van der Waals surface area contributed by atoms with Gasteiger partial charge in [-0.3, -0.25) is 9.59 Å². The topological polar surface area (TPSA) is 84.2 Å². The van der Waals surface area contributed by atoms with E-state index in [0.29, 0.717) is 16.4 Å². The molecule has 0 saturated heterocycles. The molecule has 0 aromatic heterocycles. The van der Waals surface area contributed by atoms with E-state index in [1.807, 2.05) is 0 Å². The fourth-order valence-corrected chi connectivity index (χ4v) is 1.31. The van der Waals surface area contributed by atoms with Gasteiger partial charge in [0.2, 0.25) is 0 Å². The van der Waals surface area contributed by atoms with Crippen LogP contribution in [0, 0.1) is 0 Å². The molecule has 0 fully saturated rings. The Morgan fingerprint density at radius 2 is 2.00 bits per heavy atom. The van der Waals surface area contributed by atoms with Crippen molar-refractivity contribution < 1.29 is 9.59 Å². The predicted octanol–water partition coefficient (Wildman–Crippen LogP) is 1.22. The highest BCUT2D eigenvalue weighted by molar-refractivity contribution is 6.40. The minimum Gasteiger partial charge on any atom is -0.398 e. The van der Waals surface area contributed by atoms with E-state index < -0.39 is 11.8 Å². The van der Waals surface area contributed by atoms with Crippen LogP contribution in [-0.2, 0) is 9.59 Å². The Labute approximate surface area is 108 Å². The molecule has 7 heteroatoms. The molecular weight excluding hydrogens is 265 g/mol. The normalized spacial score (nSPS) is 9.76. The summed E-state index contributed by atoms with van der Waals surface area (Å²) in [5.74, 6) is -1.29. The number of carbonyl (C=O) groups excluding carboxylic acids is 2. The molecule has 0 aliphatic carbocycles. The molecule has 0 bridgehead atoms. The molecule has 0 atom stereocenters. The molecule has 92 valence electrons. The summed E-state index contributed by atoms with van der Waals surface area (Å²) in [5.41, 5.74) is 6.30. The molecule has 5 nitrogen and oxygen atoms in total. The summed E-state index contributed by atoms with van der Waals surface area (Å²) in [7, 11) is 0. The van der Waals surface area contributed by atoms with Crippen LogP contribution in [0.2, 0.25) is 5.02 Å². The van der Waals surface area contributed by atoms with Crippen LogP contribution in [0.3, 0.4) is 0 Å². The van der Waals surface area contributed by atoms with Gasteiger partial charge >= 0.3 is 11.8 Å². The fourth-order valence-electron chi connectivity index (χ4n) is 1.03. The van der Waals surface area contributed by atoms with Gasteiger partial charge in [-0.1, -0.05) is 11.6 Å². The first kappa shape index (κ1) is 13.6. The van der Waals surface area contributed by atoms with Crippen LogP contribution in [0.4, 0.5) is 11.4 Å². The Morgan fingerprint density at radius 1 is 1.29 bits per heavy atom. The van der Waals surface area contributed by atoms with Crippen LogP contribution < -0.4 is 16.4 Å². The summed E-state index contributed by atoms with van der Waals surface area (Å²) >= 11 is 11.1. The van der Waals surface area contributed by atoms with Crippen molar-refractivity contribution in [1.29, 1.82) is 0 Å². The molecule has 0 heterocycles. The van der Waals surface area contributed by atoms with Crippen LogP contribution in [-0.4, -0.2) is 24.2 Å². The van der Waals surface area contributed by atoms with Gasteiger partial charge in [0.25, 0.3) is 0 Å². The van der Waals surface area contributed by atoms with Crippen molar-refractivity contribution in [1.82, 2.24) is 5.32 Å². The van der Waals surface area contributed by atoms with Crippen molar-refractivity contribution in [2.75, 3.05) is 23.5 Å². The van der Waals surface area contributed by atoms with E-state index in [0.717, 1.165) is 0 Å². The van der Waals surface area contributed by atoms with Crippen molar-refractivity contribution in [2.45, 2.75) is 0 Å². The van der Waals surface area contributed by atoms with E-state index in [1.165, 1.54) is 12.1 Å². The summed E-state index contributed by atoms with van der Waals surface area (Å²) in [6, 6.07) is 4.55. The second-order valence-corrected chi connectivity index (χ2v) is 3.92. The van der Waals surface area contributed by atoms with Gasteiger partial charge in [0.05, 0.1) is 10.7 Å². The number of nitrogens with two attached hydrogens (primary N) is 1. The maximum atomic E-state index is 11.4. The lowest BCUT2D eigenvalue weighted by Gasteiger charge is -2.06. The molecule has 17 heavy (non-hydrogen) atoms. The van der Waals surface area contributed by atoms with E-state index in [9.17, 15) is 9.59 Å². The maximum Gasteiger partial charge on any atom is 0.313 e. The Bertz CT molecular complexity index is 438. The van der Waals surface area contributed by atoms with E-state index >= 15 is 0 Å². The summed E-state index contributed by atoms with van der Waals surface area (Å²) in [4.78, 5) is 22.6. The third kappa shape index (κ3) is 4.13. The van der Waals surface area contributed by atoms with Crippen molar-refractivity contribution >= 4 is 46.4 Å². The standard InChI is InChI=1S/C10H11Cl2N3O2/c11-3-4-14-9(16)10(17)15-6-1-2-8(13)7(12)5-6/h1-2,5H,3-4,13H2,(H,14,16)(H,15,17). The first-order valence-corrected chi connectivity index (χ1v) is 5.66. The molecule has 4 N–H and O–H groups in total. The number of rotatable bonds is 3. The number of benzene rings is 1. The average Bonchev–Trinajstić information content (AvgIpc) is 2.30. The van der Waals surface area contributed by atoms with Crippen molar-refractivity contribution in [3.63, 3.8) is 0 Å². The first-order valence-electron chi connectivity index (χ1n) is 4.74. The second kappa shape index (κ2) is 6.32. The molecule has 1 rings (SSSR count). The van der Waals surface area contributed by atoms with Crippen LogP contribution in [0.5, 0.6) is 0 Å². The second-order valence-electron chi connectivity index (χ2n) is 3.14. The third-order valence-electron chi connectivity index (χ3n) is 1.84. The monoisotopic (exact) mass is 275 g/mol. The van der Waals surface area contributed by atoms with Gasteiger partial charge in [-0.05, 0) is 18.2 Å². The lowest BCUT2D eigenvalue weighted by Crippen LogP contribution is -2.36. The zero-order chi connectivity index (χ0) is 12.8. The molecule has 1 aromatic rings. The number of alkyl halides is 1.